The van der Waals surface area contributed by atoms with E-state index in [2.05, 4.69) is 0 Å². The molecule has 1 aliphatic carbocycles. The van der Waals surface area contributed by atoms with Gasteiger partial charge in [-0.05, 0) is 26.2 Å². The molecular weight excluding hydrogens is 248 g/mol. The second-order valence-corrected chi connectivity index (χ2v) is 4.60. The second kappa shape index (κ2) is 5.88. The number of benzene rings is 1. The first kappa shape index (κ1) is 13.6. The Morgan fingerprint density at radius 2 is 2.11 bits per heavy atom. The minimum atomic E-state index is -0.454. The zero-order chi connectivity index (χ0) is 13.8. The Morgan fingerprint density at radius 1 is 1.37 bits per heavy atom. The third kappa shape index (κ3) is 3.35. The summed E-state index contributed by atoms with van der Waals surface area (Å²) in [6, 6.07) is 4.47. The highest BCUT2D eigenvalue weighted by molar-refractivity contribution is 5.46. The van der Waals surface area contributed by atoms with Gasteiger partial charge in [-0.1, -0.05) is 0 Å². The molecule has 1 aromatic carbocycles. The predicted molar refractivity (Wildman–Crippen MR) is 70.5 cm³/mol. The van der Waals surface area contributed by atoms with E-state index in [0.29, 0.717) is 18.1 Å². The van der Waals surface area contributed by atoms with Crippen molar-refractivity contribution in [3.8, 4) is 11.5 Å². The molecule has 2 N–H and O–H groups in total. The van der Waals surface area contributed by atoms with Gasteiger partial charge in [-0.15, -0.1) is 0 Å². The van der Waals surface area contributed by atoms with Gasteiger partial charge >= 0.3 is 0 Å². The first-order chi connectivity index (χ1) is 9.10. The number of non-ortho nitro benzene ring substituents is 1. The van der Waals surface area contributed by atoms with Crippen molar-refractivity contribution < 1.29 is 14.4 Å². The number of nitro benzene ring substituents is 1. The van der Waals surface area contributed by atoms with Crippen LogP contribution in [0.1, 0.15) is 26.2 Å². The van der Waals surface area contributed by atoms with Crippen LogP contribution in [-0.2, 0) is 0 Å². The van der Waals surface area contributed by atoms with Gasteiger partial charge in [0.05, 0.1) is 23.7 Å². The van der Waals surface area contributed by atoms with Gasteiger partial charge < -0.3 is 15.2 Å². The van der Waals surface area contributed by atoms with Gasteiger partial charge in [0.25, 0.3) is 5.69 Å². The van der Waals surface area contributed by atoms with Crippen molar-refractivity contribution in [3.63, 3.8) is 0 Å². The maximum Gasteiger partial charge on any atom is 0.276 e. The average Bonchev–Trinajstić information content (AvgIpc) is 2.75. The van der Waals surface area contributed by atoms with E-state index in [1.165, 1.54) is 12.1 Å². The van der Waals surface area contributed by atoms with E-state index in [4.69, 9.17) is 15.2 Å². The fourth-order valence-corrected chi connectivity index (χ4v) is 2.26. The molecule has 6 heteroatoms. The van der Waals surface area contributed by atoms with Crippen LogP contribution in [0.4, 0.5) is 5.69 Å². The van der Waals surface area contributed by atoms with Crippen LogP contribution >= 0.6 is 0 Å². The van der Waals surface area contributed by atoms with Gasteiger partial charge in [0.1, 0.15) is 17.6 Å². The maximum atomic E-state index is 10.9. The Hall–Kier alpha value is -1.82. The van der Waals surface area contributed by atoms with Gasteiger partial charge in [-0.3, -0.25) is 10.1 Å². The molecule has 0 heterocycles. The molecule has 2 rings (SSSR count). The van der Waals surface area contributed by atoms with Crippen LogP contribution < -0.4 is 15.2 Å². The standard InChI is InChI=1S/C13H18N2O4/c1-2-18-10-6-9(15(16)17)7-11(8-10)19-13-5-3-4-12(13)14/h6-8,12-13H,2-5,14H2,1H3. The molecular formula is C13H18N2O4. The Labute approximate surface area is 111 Å². The van der Waals surface area contributed by atoms with Crippen molar-refractivity contribution in [3.05, 3.63) is 28.3 Å². The van der Waals surface area contributed by atoms with E-state index in [0.717, 1.165) is 19.3 Å². The predicted octanol–water partition coefficient (Wildman–Crippen LogP) is 2.25. The monoisotopic (exact) mass is 266 g/mol. The zero-order valence-electron chi connectivity index (χ0n) is 10.9. The topological polar surface area (TPSA) is 87.6 Å². The lowest BCUT2D eigenvalue weighted by Crippen LogP contribution is -2.33. The summed E-state index contributed by atoms with van der Waals surface area (Å²) in [5, 5.41) is 10.9. The van der Waals surface area contributed by atoms with Gasteiger partial charge in [0.2, 0.25) is 0 Å². The molecule has 0 aliphatic heterocycles. The lowest BCUT2D eigenvalue weighted by atomic mass is 10.2. The van der Waals surface area contributed by atoms with E-state index >= 15 is 0 Å². The third-order valence-electron chi connectivity index (χ3n) is 3.18. The van der Waals surface area contributed by atoms with E-state index in [9.17, 15) is 10.1 Å². The molecule has 2 unspecified atom stereocenters. The molecule has 2 atom stereocenters. The molecule has 1 aromatic rings. The number of nitrogens with zero attached hydrogens (tertiary/aromatic N) is 1. The Bertz CT molecular complexity index is 464. The number of nitro groups is 1. The number of ether oxygens (including phenoxy) is 2. The van der Waals surface area contributed by atoms with E-state index in [1.54, 1.807) is 6.07 Å². The van der Waals surface area contributed by atoms with Crippen molar-refractivity contribution >= 4 is 5.69 Å². The SMILES string of the molecule is CCOc1cc(OC2CCCC2N)cc([N+](=O)[O-])c1. The summed E-state index contributed by atoms with van der Waals surface area (Å²) in [5.74, 6) is 0.887. The molecule has 0 amide bonds. The van der Waals surface area contributed by atoms with Crippen molar-refractivity contribution in [1.29, 1.82) is 0 Å². The molecule has 0 radical (unpaired) electrons. The number of rotatable bonds is 5. The zero-order valence-corrected chi connectivity index (χ0v) is 10.9. The molecule has 0 bridgehead atoms. The molecule has 104 valence electrons. The van der Waals surface area contributed by atoms with Gasteiger partial charge in [-0.2, -0.15) is 0 Å². The fraction of sp³-hybridized carbons (Fsp3) is 0.538. The minimum absolute atomic E-state index is 0.00481. The number of nitrogens with two attached hydrogens (primary N) is 1. The van der Waals surface area contributed by atoms with E-state index in [1.807, 2.05) is 6.92 Å². The van der Waals surface area contributed by atoms with E-state index < -0.39 is 4.92 Å². The Balaban J connectivity index is 2.20. The highest BCUT2D eigenvalue weighted by atomic mass is 16.6. The van der Waals surface area contributed by atoms with E-state index in [-0.39, 0.29) is 17.8 Å². The van der Waals surface area contributed by atoms with Gasteiger partial charge in [0, 0.05) is 12.1 Å². The van der Waals surface area contributed by atoms with Crippen molar-refractivity contribution in [2.45, 2.75) is 38.3 Å². The summed E-state index contributed by atoms with van der Waals surface area (Å²) >= 11 is 0. The number of hydrogen-bond donors (Lipinski definition) is 1. The van der Waals surface area contributed by atoms with Crippen LogP contribution in [0.25, 0.3) is 0 Å². The fourth-order valence-electron chi connectivity index (χ4n) is 2.26. The maximum absolute atomic E-state index is 10.9. The van der Waals surface area contributed by atoms with Crippen LogP contribution in [0.3, 0.4) is 0 Å². The summed E-state index contributed by atoms with van der Waals surface area (Å²) in [7, 11) is 0. The lowest BCUT2D eigenvalue weighted by Gasteiger charge is -2.18. The third-order valence-corrected chi connectivity index (χ3v) is 3.18. The number of hydrogen-bond acceptors (Lipinski definition) is 5. The average molecular weight is 266 g/mol. The molecule has 0 spiro atoms. The van der Waals surface area contributed by atoms with Crippen molar-refractivity contribution in [2.24, 2.45) is 5.73 Å². The molecule has 1 fully saturated rings. The van der Waals surface area contributed by atoms with Crippen LogP contribution in [0.15, 0.2) is 18.2 Å². The van der Waals surface area contributed by atoms with Crippen LogP contribution in [-0.4, -0.2) is 23.7 Å². The van der Waals surface area contributed by atoms with Crippen molar-refractivity contribution in [2.75, 3.05) is 6.61 Å². The summed E-state index contributed by atoms with van der Waals surface area (Å²) in [4.78, 5) is 10.4. The molecule has 19 heavy (non-hydrogen) atoms. The van der Waals surface area contributed by atoms with Crippen LogP contribution in [0.5, 0.6) is 11.5 Å². The summed E-state index contributed by atoms with van der Waals surface area (Å²) < 4.78 is 11.1. The molecule has 6 nitrogen and oxygen atoms in total. The highest BCUT2D eigenvalue weighted by Crippen LogP contribution is 2.30. The second-order valence-electron chi connectivity index (χ2n) is 4.60. The lowest BCUT2D eigenvalue weighted by molar-refractivity contribution is -0.385. The molecule has 0 saturated heterocycles. The summed E-state index contributed by atoms with van der Waals surface area (Å²) in [6.07, 6.45) is 2.77. The van der Waals surface area contributed by atoms with Gasteiger partial charge in [-0.25, -0.2) is 0 Å². The largest absolute Gasteiger partial charge is 0.493 e. The summed E-state index contributed by atoms with van der Waals surface area (Å²) in [5.41, 5.74) is 5.90. The smallest absolute Gasteiger partial charge is 0.276 e. The Morgan fingerprint density at radius 3 is 2.68 bits per heavy atom. The first-order valence-corrected chi connectivity index (χ1v) is 6.44. The normalized spacial score (nSPS) is 22.2. The Kier molecular flexibility index (Phi) is 4.21. The summed E-state index contributed by atoms with van der Waals surface area (Å²) in [6.45, 7) is 2.27. The van der Waals surface area contributed by atoms with Crippen molar-refractivity contribution in [1.82, 2.24) is 0 Å². The molecule has 1 saturated carbocycles. The first-order valence-electron chi connectivity index (χ1n) is 6.44. The van der Waals surface area contributed by atoms with Crippen LogP contribution in [0.2, 0.25) is 0 Å². The van der Waals surface area contributed by atoms with Gasteiger partial charge in [0.15, 0.2) is 0 Å². The molecule has 0 aromatic heterocycles. The quantitative estimate of drug-likeness (QED) is 0.652. The molecule has 1 aliphatic rings. The minimum Gasteiger partial charge on any atom is -0.493 e. The van der Waals surface area contributed by atoms with Crippen LogP contribution in [0, 0.1) is 10.1 Å². The highest BCUT2D eigenvalue weighted by Gasteiger charge is 2.26.